The van der Waals surface area contributed by atoms with Gasteiger partial charge in [0.25, 0.3) is 0 Å². The molecule has 0 saturated heterocycles. The first kappa shape index (κ1) is 11.9. The number of thiol groups is 1. The van der Waals surface area contributed by atoms with E-state index < -0.39 is 17.8 Å². The molecule has 11 heavy (non-hydrogen) atoms. The Kier molecular flexibility index (Phi) is 6.04. The van der Waals surface area contributed by atoms with Crippen LogP contribution in [0, 0.1) is 0 Å². The van der Waals surface area contributed by atoms with Crippen LogP contribution in [-0.2, 0) is 27.7 Å². The summed E-state index contributed by atoms with van der Waals surface area (Å²) in [7, 11) is 4.85. The normalized spacial score (nSPS) is 15.0. The molecule has 0 N–H and O–H groups in total. The number of hydrogen-bond acceptors (Lipinski definition) is 4. The predicted octanol–water partition coefficient (Wildman–Crippen LogP) is 1.49. The quantitative estimate of drug-likeness (QED) is 0.557. The molecule has 68 valence electrons. The molecule has 5 heteroatoms. The molecule has 0 spiro atoms. The summed E-state index contributed by atoms with van der Waals surface area (Å²) >= 11 is 1.39. The summed E-state index contributed by atoms with van der Waals surface area (Å²) in [6, 6.07) is 0. The van der Waals surface area contributed by atoms with Crippen molar-refractivity contribution in [1.82, 2.24) is 0 Å². The van der Waals surface area contributed by atoms with E-state index in [-0.39, 0.29) is 3.55 Å². The topological polar surface area (TPSA) is 27.7 Å². The second kappa shape index (κ2) is 5.57. The van der Waals surface area contributed by atoms with Crippen LogP contribution in [0.1, 0.15) is 13.3 Å². The summed E-state index contributed by atoms with van der Waals surface area (Å²) in [6.45, 7) is 2.04. The molecule has 0 bridgehead atoms. The average Bonchev–Trinajstić information content (AvgIpc) is 2.08. The summed E-state index contributed by atoms with van der Waals surface area (Å²) in [5.74, 6) is 0. The summed E-state index contributed by atoms with van der Waals surface area (Å²) in [4.78, 5) is 0. The van der Waals surface area contributed by atoms with Crippen molar-refractivity contribution in [2.75, 3.05) is 21.3 Å². The Morgan fingerprint density at radius 1 is 1.18 bits per heavy atom. The van der Waals surface area contributed by atoms with Crippen LogP contribution in [0.4, 0.5) is 0 Å². The van der Waals surface area contributed by atoms with Gasteiger partial charge in [-0.2, -0.15) is 0 Å². The van der Waals surface area contributed by atoms with Crippen molar-refractivity contribution in [3.05, 3.63) is 0 Å². The fourth-order valence-corrected chi connectivity index (χ4v) is 5.05. The number of rotatable bonds is 5. The molecule has 0 aliphatic carbocycles. The first-order valence-electron chi connectivity index (χ1n) is 3.50. The predicted molar refractivity (Wildman–Crippen MR) is 44.1 cm³/mol. The molecule has 0 fully saturated rings. The third-order valence-electron chi connectivity index (χ3n) is 1.65. The summed E-state index contributed by atoms with van der Waals surface area (Å²) in [5, 5.41) is 0. The zero-order chi connectivity index (χ0) is 8.91. The van der Waals surface area contributed by atoms with Crippen molar-refractivity contribution in [2.45, 2.75) is 16.9 Å². The maximum absolute atomic E-state index is 5.26. The Balaban J connectivity index is 4.26. The monoisotopic (exact) mass is 216 g/mol. The summed E-state index contributed by atoms with van der Waals surface area (Å²) in [5.41, 5.74) is 0. The van der Waals surface area contributed by atoms with Crippen LogP contribution in [0.3, 0.4) is 0 Å². The molecule has 3 nitrogen and oxygen atoms in total. The van der Waals surface area contributed by atoms with Crippen molar-refractivity contribution in [2.24, 2.45) is 0 Å². The molecule has 0 aromatic rings. The standard InChI is InChI=1S/C3H7S.3CH3O.Ti/c1-2-3-4;3*1-2;/h3-4H,2H2,1H3;3*1H3;/q;3*-1;+3. The van der Waals surface area contributed by atoms with Crippen molar-refractivity contribution >= 4 is 12.6 Å². The van der Waals surface area contributed by atoms with E-state index in [1.165, 1.54) is 0 Å². The Labute approximate surface area is 78.6 Å². The van der Waals surface area contributed by atoms with Gasteiger partial charge >= 0.3 is 78.6 Å². The summed E-state index contributed by atoms with van der Waals surface area (Å²) in [6.07, 6.45) is 0.901. The Morgan fingerprint density at radius 3 is 1.64 bits per heavy atom. The van der Waals surface area contributed by atoms with E-state index in [1.54, 1.807) is 21.3 Å². The van der Waals surface area contributed by atoms with Crippen molar-refractivity contribution in [1.29, 1.82) is 0 Å². The molecule has 0 radical (unpaired) electrons. The van der Waals surface area contributed by atoms with Gasteiger partial charge in [0, 0.05) is 0 Å². The van der Waals surface area contributed by atoms with Gasteiger partial charge in [-0.25, -0.2) is 0 Å². The molecular formula is C6H16O3STi. The van der Waals surface area contributed by atoms with Crippen molar-refractivity contribution < 1.29 is 27.7 Å². The second-order valence-electron chi connectivity index (χ2n) is 2.14. The minimum atomic E-state index is -2.97. The third-order valence-corrected chi connectivity index (χ3v) is 7.90. The molecule has 1 atom stereocenters. The second-order valence-corrected chi connectivity index (χ2v) is 8.41. The van der Waals surface area contributed by atoms with E-state index in [0.717, 1.165) is 6.42 Å². The van der Waals surface area contributed by atoms with Gasteiger partial charge in [0.1, 0.15) is 0 Å². The fourth-order valence-electron chi connectivity index (χ4n) is 0.908. The van der Waals surface area contributed by atoms with Crippen LogP contribution in [0.5, 0.6) is 0 Å². The fraction of sp³-hybridized carbons (Fsp3) is 1.00. The SMILES string of the molecule is CC[CH](S)[Ti]([O]C)([O]C)[O]C. The van der Waals surface area contributed by atoms with E-state index in [2.05, 4.69) is 12.6 Å². The van der Waals surface area contributed by atoms with Crippen LogP contribution in [0.15, 0.2) is 0 Å². The Bertz CT molecular complexity index is 99.7. The Morgan fingerprint density at radius 2 is 1.55 bits per heavy atom. The molecule has 0 aliphatic heterocycles. The van der Waals surface area contributed by atoms with Gasteiger partial charge in [0.2, 0.25) is 0 Å². The van der Waals surface area contributed by atoms with Crippen LogP contribution >= 0.6 is 12.6 Å². The number of hydrogen-bond donors (Lipinski definition) is 1. The van der Waals surface area contributed by atoms with E-state index in [0.29, 0.717) is 0 Å². The molecule has 0 aromatic carbocycles. The van der Waals surface area contributed by atoms with Gasteiger partial charge < -0.3 is 0 Å². The van der Waals surface area contributed by atoms with Gasteiger partial charge in [0.05, 0.1) is 0 Å². The van der Waals surface area contributed by atoms with Crippen LogP contribution < -0.4 is 0 Å². The minimum absolute atomic E-state index is 0.106. The third kappa shape index (κ3) is 2.72. The average molecular weight is 216 g/mol. The zero-order valence-corrected chi connectivity index (χ0v) is 9.91. The molecular weight excluding hydrogens is 200 g/mol. The van der Waals surface area contributed by atoms with E-state index in [1.807, 2.05) is 6.92 Å². The van der Waals surface area contributed by atoms with Crippen molar-refractivity contribution in [3.63, 3.8) is 0 Å². The van der Waals surface area contributed by atoms with Crippen LogP contribution in [-0.4, -0.2) is 24.9 Å². The van der Waals surface area contributed by atoms with Crippen LogP contribution in [0.25, 0.3) is 0 Å². The molecule has 1 unspecified atom stereocenters. The first-order chi connectivity index (χ1) is 5.16. The molecule has 0 aliphatic rings. The van der Waals surface area contributed by atoms with Crippen molar-refractivity contribution in [3.8, 4) is 0 Å². The van der Waals surface area contributed by atoms with Gasteiger partial charge in [-0.1, -0.05) is 0 Å². The molecule has 0 amide bonds. The van der Waals surface area contributed by atoms with E-state index >= 15 is 0 Å². The van der Waals surface area contributed by atoms with E-state index in [4.69, 9.17) is 9.96 Å². The van der Waals surface area contributed by atoms with E-state index in [9.17, 15) is 0 Å². The molecule has 0 rings (SSSR count). The summed E-state index contributed by atoms with van der Waals surface area (Å²) < 4.78 is 15.9. The molecule has 0 saturated carbocycles. The zero-order valence-electron chi connectivity index (χ0n) is 7.46. The molecule has 0 aromatic heterocycles. The molecule has 0 heterocycles. The van der Waals surface area contributed by atoms with Crippen LogP contribution in [0.2, 0.25) is 0 Å². The Hall–Kier alpha value is 0.944. The first-order valence-corrected chi connectivity index (χ1v) is 6.83. The van der Waals surface area contributed by atoms with Gasteiger partial charge in [-0.05, 0) is 0 Å². The van der Waals surface area contributed by atoms with Gasteiger partial charge in [0.15, 0.2) is 0 Å². The van der Waals surface area contributed by atoms with Gasteiger partial charge in [-0.15, -0.1) is 0 Å². The maximum atomic E-state index is 5.26. The van der Waals surface area contributed by atoms with Gasteiger partial charge in [-0.3, -0.25) is 0 Å².